The fourth-order valence-corrected chi connectivity index (χ4v) is 2.52. The fraction of sp³-hybridized carbons (Fsp3) is 0.400. The van der Waals surface area contributed by atoms with Gasteiger partial charge in [0.15, 0.2) is 5.13 Å². The number of hydrogen-bond acceptors (Lipinski definition) is 6. The van der Waals surface area contributed by atoms with Crippen molar-refractivity contribution in [2.45, 2.75) is 25.4 Å². The van der Waals surface area contributed by atoms with E-state index in [-0.39, 0.29) is 11.7 Å². The van der Waals surface area contributed by atoms with Crippen molar-refractivity contribution in [2.75, 3.05) is 11.1 Å². The number of anilines is 1. The molecule has 0 spiro atoms. The Morgan fingerprint density at radius 3 is 3.00 bits per heavy atom. The van der Waals surface area contributed by atoms with Crippen LogP contribution in [0.3, 0.4) is 0 Å². The molecular formula is C10H13N5OS2. The van der Waals surface area contributed by atoms with Gasteiger partial charge in [-0.15, -0.1) is 16.4 Å². The van der Waals surface area contributed by atoms with Gasteiger partial charge >= 0.3 is 0 Å². The lowest BCUT2D eigenvalue weighted by molar-refractivity contribution is -0.113. The average Bonchev–Trinajstić information content (AvgIpc) is 2.95. The number of aryl methyl sites for hydroxylation is 2. The second-order valence-electron chi connectivity index (χ2n) is 3.55. The predicted molar refractivity (Wildman–Crippen MR) is 72.0 cm³/mol. The molecule has 2 N–H and O–H groups in total. The van der Waals surface area contributed by atoms with E-state index >= 15 is 0 Å². The van der Waals surface area contributed by atoms with Crippen LogP contribution in [-0.4, -0.2) is 31.8 Å². The van der Waals surface area contributed by atoms with E-state index in [4.69, 9.17) is 0 Å². The van der Waals surface area contributed by atoms with Crippen molar-refractivity contribution in [1.29, 1.82) is 0 Å². The molecule has 0 radical (unpaired) electrons. The molecule has 96 valence electrons. The minimum Gasteiger partial charge on any atom is -0.301 e. The number of thiazole rings is 1. The fourth-order valence-electron chi connectivity index (χ4n) is 1.20. The molecule has 0 aromatic carbocycles. The summed E-state index contributed by atoms with van der Waals surface area (Å²) >= 11 is 2.72. The number of rotatable bonds is 5. The van der Waals surface area contributed by atoms with Gasteiger partial charge in [-0.05, 0) is 6.92 Å². The van der Waals surface area contributed by atoms with Crippen LogP contribution in [0.1, 0.15) is 18.4 Å². The molecule has 18 heavy (non-hydrogen) atoms. The van der Waals surface area contributed by atoms with E-state index in [1.54, 1.807) is 0 Å². The van der Waals surface area contributed by atoms with Crippen molar-refractivity contribution >= 4 is 34.1 Å². The maximum atomic E-state index is 11.6. The summed E-state index contributed by atoms with van der Waals surface area (Å²) in [5.41, 5.74) is 0.907. The molecule has 0 aliphatic rings. The molecule has 0 unspecified atom stereocenters. The Kier molecular flexibility index (Phi) is 4.32. The van der Waals surface area contributed by atoms with Gasteiger partial charge in [0.1, 0.15) is 5.82 Å². The van der Waals surface area contributed by atoms with Crippen molar-refractivity contribution in [3.63, 3.8) is 0 Å². The highest BCUT2D eigenvalue weighted by Crippen LogP contribution is 2.16. The van der Waals surface area contributed by atoms with E-state index in [0.29, 0.717) is 10.3 Å². The number of carbonyl (C=O) groups excluding carboxylic acids is 1. The number of H-pyrrole nitrogens is 1. The Hall–Kier alpha value is -1.41. The minimum atomic E-state index is -0.0998. The number of thioether (sulfide) groups is 1. The van der Waals surface area contributed by atoms with Crippen LogP contribution < -0.4 is 5.32 Å². The van der Waals surface area contributed by atoms with E-state index in [1.807, 2.05) is 19.2 Å². The monoisotopic (exact) mass is 283 g/mol. The SMILES string of the molecule is CCc1nc(SCC(=O)Nc2nc(C)cs2)n[nH]1. The molecule has 2 aromatic rings. The highest BCUT2D eigenvalue weighted by Gasteiger charge is 2.08. The summed E-state index contributed by atoms with van der Waals surface area (Å²) in [6.45, 7) is 3.88. The number of aromatic nitrogens is 4. The number of carbonyl (C=O) groups is 1. The number of amides is 1. The summed E-state index contributed by atoms with van der Waals surface area (Å²) in [7, 11) is 0. The molecule has 0 aliphatic carbocycles. The highest BCUT2D eigenvalue weighted by molar-refractivity contribution is 7.99. The van der Waals surface area contributed by atoms with Crippen molar-refractivity contribution in [1.82, 2.24) is 20.2 Å². The van der Waals surface area contributed by atoms with Gasteiger partial charge in [0.25, 0.3) is 0 Å². The number of nitrogens with one attached hydrogen (secondary N) is 2. The van der Waals surface area contributed by atoms with Crippen LogP contribution in [0.5, 0.6) is 0 Å². The zero-order valence-electron chi connectivity index (χ0n) is 10.1. The molecule has 8 heteroatoms. The third kappa shape index (κ3) is 3.54. The molecule has 0 saturated carbocycles. The quantitative estimate of drug-likeness (QED) is 0.818. The molecule has 0 atom stereocenters. The summed E-state index contributed by atoms with van der Waals surface area (Å²) in [6, 6.07) is 0. The van der Waals surface area contributed by atoms with Gasteiger partial charge in [-0.1, -0.05) is 18.7 Å². The molecule has 6 nitrogen and oxygen atoms in total. The average molecular weight is 283 g/mol. The number of aromatic amines is 1. The summed E-state index contributed by atoms with van der Waals surface area (Å²) < 4.78 is 0. The lowest BCUT2D eigenvalue weighted by atomic mass is 10.5. The predicted octanol–water partition coefficient (Wildman–Crippen LogP) is 1.86. The second kappa shape index (κ2) is 5.96. The Morgan fingerprint density at radius 1 is 1.56 bits per heavy atom. The lowest BCUT2D eigenvalue weighted by Crippen LogP contribution is -2.13. The van der Waals surface area contributed by atoms with Crippen molar-refractivity contribution in [3.8, 4) is 0 Å². The Morgan fingerprint density at radius 2 is 2.39 bits per heavy atom. The van der Waals surface area contributed by atoms with E-state index in [1.165, 1.54) is 23.1 Å². The van der Waals surface area contributed by atoms with Crippen LogP contribution >= 0.6 is 23.1 Å². The van der Waals surface area contributed by atoms with Crippen molar-refractivity contribution in [2.24, 2.45) is 0 Å². The third-order valence-corrected chi connectivity index (χ3v) is 3.77. The van der Waals surface area contributed by atoms with Crippen LogP contribution in [0.25, 0.3) is 0 Å². The van der Waals surface area contributed by atoms with Crippen LogP contribution in [0.15, 0.2) is 10.5 Å². The van der Waals surface area contributed by atoms with Gasteiger partial charge < -0.3 is 5.32 Å². The maximum Gasteiger partial charge on any atom is 0.236 e. The molecule has 0 aliphatic heterocycles. The van der Waals surface area contributed by atoms with Gasteiger partial charge in [0.2, 0.25) is 11.1 Å². The van der Waals surface area contributed by atoms with Crippen molar-refractivity contribution < 1.29 is 4.79 Å². The highest BCUT2D eigenvalue weighted by atomic mass is 32.2. The first kappa shape index (κ1) is 13.0. The smallest absolute Gasteiger partial charge is 0.236 e. The lowest BCUT2D eigenvalue weighted by Gasteiger charge is -1.98. The van der Waals surface area contributed by atoms with Gasteiger partial charge in [0, 0.05) is 11.8 Å². The topological polar surface area (TPSA) is 83.6 Å². The van der Waals surface area contributed by atoms with Crippen molar-refractivity contribution in [3.05, 3.63) is 16.9 Å². The standard InChI is InChI=1S/C10H13N5OS2/c1-3-7-12-10(15-14-7)18-5-8(16)13-9-11-6(2)4-17-9/h4H,3,5H2,1-2H3,(H,11,13,16)(H,12,14,15). The van der Waals surface area contributed by atoms with Gasteiger partial charge in [0.05, 0.1) is 11.4 Å². The van der Waals surface area contributed by atoms with Gasteiger partial charge in [-0.3, -0.25) is 9.89 Å². The number of nitrogens with zero attached hydrogens (tertiary/aromatic N) is 3. The van der Waals surface area contributed by atoms with Crippen LogP contribution in [-0.2, 0) is 11.2 Å². The van der Waals surface area contributed by atoms with Gasteiger partial charge in [-0.25, -0.2) is 9.97 Å². The molecule has 1 amide bonds. The third-order valence-electron chi connectivity index (χ3n) is 2.04. The summed E-state index contributed by atoms with van der Waals surface area (Å²) in [5, 5.41) is 12.7. The minimum absolute atomic E-state index is 0.0998. The summed E-state index contributed by atoms with van der Waals surface area (Å²) in [5.74, 6) is 1.00. The molecule has 0 fully saturated rings. The molecule has 2 heterocycles. The zero-order chi connectivity index (χ0) is 13.0. The maximum absolute atomic E-state index is 11.6. The van der Waals surface area contributed by atoms with Gasteiger partial charge in [-0.2, -0.15) is 0 Å². The normalized spacial score (nSPS) is 10.6. The second-order valence-corrected chi connectivity index (χ2v) is 5.35. The van der Waals surface area contributed by atoms with E-state index in [0.717, 1.165) is 17.9 Å². The largest absolute Gasteiger partial charge is 0.301 e. The first-order valence-electron chi connectivity index (χ1n) is 5.43. The first-order valence-corrected chi connectivity index (χ1v) is 7.30. The Bertz CT molecular complexity index is 536. The summed E-state index contributed by atoms with van der Waals surface area (Å²) in [6.07, 6.45) is 0.804. The van der Waals surface area contributed by atoms with E-state index in [9.17, 15) is 4.79 Å². The van der Waals surface area contributed by atoms with E-state index in [2.05, 4.69) is 25.5 Å². The van der Waals surface area contributed by atoms with E-state index < -0.39 is 0 Å². The van der Waals surface area contributed by atoms with Crippen LogP contribution in [0, 0.1) is 6.92 Å². The molecule has 2 rings (SSSR count). The number of hydrogen-bond donors (Lipinski definition) is 2. The summed E-state index contributed by atoms with van der Waals surface area (Å²) in [4.78, 5) is 20.0. The zero-order valence-corrected chi connectivity index (χ0v) is 11.7. The molecule has 2 aromatic heterocycles. The Labute approximate surface area is 113 Å². The Balaban J connectivity index is 1.81. The molecule has 0 saturated heterocycles. The van der Waals surface area contributed by atoms with Crippen LogP contribution in [0.2, 0.25) is 0 Å². The molecule has 0 bridgehead atoms. The first-order chi connectivity index (χ1) is 8.67. The van der Waals surface area contributed by atoms with Crippen LogP contribution in [0.4, 0.5) is 5.13 Å². The molecular weight excluding hydrogens is 270 g/mol.